The van der Waals surface area contributed by atoms with E-state index >= 15 is 0 Å². The van der Waals surface area contributed by atoms with Crippen molar-refractivity contribution in [3.8, 4) is 0 Å². The molecular formula is C16H12N2O5. The van der Waals surface area contributed by atoms with Crippen molar-refractivity contribution in [1.82, 2.24) is 0 Å². The first kappa shape index (κ1) is 15.9. The number of hydrogen-bond acceptors (Lipinski definition) is 5. The van der Waals surface area contributed by atoms with Crippen molar-refractivity contribution in [2.75, 3.05) is 5.32 Å². The van der Waals surface area contributed by atoms with Gasteiger partial charge in [0.2, 0.25) is 0 Å². The maximum atomic E-state index is 12.1. The Morgan fingerprint density at radius 1 is 1.04 bits per heavy atom. The summed E-state index contributed by atoms with van der Waals surface area (Å²) >= 11 is 0. The molecule has 0 aliphatic carbocycles. The van der Waals surface area contributed by atoms with E-state index in [2.05, 4.69) is 5.32 Å². The van der Waals surface area contributed by atoms with Crippen LogP contribution in [0.25, 0.3) is 0 Å². The molecule has 0 spiro atoms. The zero-order chi connectivity index (χ0) is 16.8. The number of carbonyl (C=O) groups excluding carboxylic acids is 1. The third-order valence-electron chi connectivity index (χ3n) is 2.92. The molecule has 116 valence electrons. The molecule has 23 heavy (non-hydrogen) atoms. The van der Waals surface area contributed by atoms with Crippen LogP contribution >= 0.6 is 0 Å². The second kappa shape index (κ2) is 6.99. The third-order valence-corrected chi connectivity index (χ3v) is 2.92. The lowest BCUT2D eigenvalue weighted by molar-refractivity contribution is -0.384. The number of nitrogens with one attached hydrogen (secondary N) is 1. The summed E-state index contributed by atoms with van der Waals surface area (Å²) in [6.45, 7) is 0. The first-order valence-electron chi connectivity index (χ1n) is 6.53. The van der Waals surface area contributed by atoms with E-state index in [-0.39, 0.29) is 16.9 Å². The van der Waals surface area contributed by atoms with Crippen LogP contribution in [0.2, 0.25) is 0 Å². The highest BCUT2D eigenvalue weighted by molar-refractivity contribution is 6.09. The Balaban J connectivity index is 2.23. The summed E-state index contributed by atoms with van der Waals surface area (Å²) in [5, 5.41) is 22.4. The highest BCUT2D eigenvalue weighted by Gasteiger charge is 2.13. The lowest BCUT2D eigenvalue weighted by Gasteiger charge is -2.06. The number of non-ortho nitro benzene ring substituents is 1. The van der Waals surface area contributed by atoms with Gasteiger partial charge in [0.05, 0.1) is 4.92 Å². The second-order valence-corrected chi connectivity index (χ2v) is 4.52. The number of nitro benzene ring substituents is 1. The number of nitrogens with zero attached hydrogens (tertiary/aromatic N) is 1. The first-order chi connectivity index (χ1) is 11.0. The van der Waals surface area contributed by atoms with E-state index in [4.69, 9.17) is 0 Å². The van der Waals surface area contributed by atoms with Gasteiger partial charge in [-0.3, -0.25) is 14.9 Å². The minimum atomic E-state index is -1.29. The minimum Gasteiger partial charge on any atom is -0.477 e. The fourth-order valence-electron chi connectivity index (χ4n) is 1.79. The summed E-state index contributed by atoms with van der Waals surface area (Å²) in [6.07, 6.45) is 0.941. The predicted octanol–water partition coefficient (Wildman–Crippen LogP) is 2.86. The number of carboxylic acid groups (broad SMARTS) is 1. The van der Waals surface area contributed by atoms with Crippen LogP contribution in [-0.2, 0) is 4.79 Å². The van der Waals surface area contributed by atoms with Crippen LogP contribution in [0, 0.1) is 10.1 Å². The summed E-state index contributed by atoms with van der Waals surface area (Å²) in [5.74, 6) is -1.86. The summed E-state index contributed by atoms with van der Waals surface area (Å²) in [4.78, 5) is 33.3. The number of para-hydroxylation sites is 1. The second-order valence-electron chi connectivity index (χ2n) is 4.52. The molecule has 2 rings (SSSR count). The van der Waals surface area contributed by atoms with Gasteiger partial charge in [0.1, 0.15) is 5.70 Å². The number of carboxylic acids is 1. The topological polar surface area (TPSA) is 110 Å². The number of hydrogen-bond donors (Lipinski definition) is 2. The van der Waals surface area contributed by atoms with Gasteiger partial charge in [-0.1, -0.05) is 18.2 Å². The smallest absolute Gasteiger partial charge is 0.352 e. The predicted molar refractivity (Wildman–Crippen MR) is 83.2 cm³/mol. The maximum absolute atomic E-state index is 12.1. The number of ketones is 1. The van der Waals surface area contributed by atoms with Gasteiger partial charge in [-0.2, -0.15) is 0 Å². The van der Waals surface area contributed by atoms with Crippen molar-refractivity contribution in [1.29, 1.82) is 0 Å². The molecule has 0 unspecified atom stereocenters. The summed E-state index contributed by atoms with van der Waals surface area (Å²) < 4.78 is 0. The number of nitro groups is 1. The fraction of sp³-hybridized carbons (Fsp3) is 0. The lowest BCUT2D eigenvalue weighted by atomic mass is 10.1. The van der Waals surface area contributed by atoms with Crippen LogP contribution in [0.15, 0.2) is 66.4 Å². The van der Waals surface area contributed by atoms with Crippen LogP contribution in [0.5, 0.6) is 0 Å². The number of rotatable bonds is 6. The van der Waals surface area contributed by atoms with Gasteiger partial charge >= 0.3 is 5.97 Å². The molecule has 0 saturated heterocycles. The van der Waals surface area contributed by atoms with Gasteiger partial charge in [-0.05, 0) is 24.3 Å². The molecule has 0 amide bonds. The molecule has 0 radical (unpaired) electrons. The number of allylic oxidation sites excluding steroid dienone is 1. The van der Waals surface area contributed by atoms with Crippen LogP contribution in [0.4, 0.5) is 11.4 Å². The van der Waals surface area contributed by atoms with Crippen LogP contribution < -0.4 is 5.32 Å². The Hall–Kier alpha value is -3.48. The van der Waals surface area contributed by atoms with Gasteiger partial charge in [-0.15, -0.1) is 0 Å². The number of benzene rings is 2. The molecule has 2 aromatic rings. The average molecular weight is 312 g/mol. The summed E-state index contributed by atoms with van der Waals surface area (Å²) in [5.41, 5.74) is 0.243. The highest BCUT2D eigenvalue weighted by Crippen LogP contribution is 2.14. The van der Waals surface area contributed by atoms with Crippen molar-refractivity contribution in [2.24, 2.45) is 0 Å². The Bertz CT molecular complexity index is 767. The van der Waals surface area contributed by atoms with Crippen LogP contribution in [0.3, 0.4) is 0 Å². The van der Waals surface area contributed by atoms with E-state index in [9.17, 15) is 24.8 Å². The van der Waals surface area contributed by atoms with Gasteiger partial charge in [0.25, 0.3) is 5.69 Å². The van der Waals surface area contributed by atoms with E-state index in [1.165, 1.54) is 24.3 Å². The van der Waals surface area contributed by atoms with Crippen LogP contribution in [-0.4, -0.2) is 21.8 Å². The molecule has 7 heteroatoms. The van der Waals surface area contributed by atoms with Crippen molar-refractivity contribution in [3.05, 3.63) is 82.0 Å². The molecule has 0 atom stereocenters. The molecule has 7 nitrogen and oxygen atoms in total. The van der Waals surface area contributed by atoms with Crippen molar-refractivity contribution in [3.63, 3.8) is 0 Å². The third kappa shape index (κ3) is 4.24. The van der Waals surface area contributed by atoms with E-state index in [1.807, 2.05) is 0 Å². The normalized spacial score (nSPS) is 10.9. The zero-order valence-electron chi connectivity index (χ0n) is 11.8. The number of aliphatic carboxylic acids is 1. The maximum Gasteiger partial charge on any atom is 0.352 e. The fourth-order valence-corrected chi connectivity index (χ4v) is 1.79. The van der Waals surface area contributed by atoms with Gasteiger partial charge < -0.3 is 10.4 Å². The monoisotopic (exact) mass is 312 g/mol. The number of anilines is 1. The largest absolute Gasteiger partial charge is 0.477 e. The quantitative estimate of drug-likeness (QED) is 0.367. The standard InChI is InChI=1S/C16H12N2O5/c19-15(11-6-8-13(9-7-11)18(22)23)10-14(16(20)21)17-12-4-2-1-3-5-12/h1-10,17H,(H,20,21). The van der Waals surface area contributed by atoms with E-state index in [0.717, 1.165) is 6.08 Å². The highest BCUT2D eigenvalue weighted by atomic mass is 16.6. The molecule has 0 aromatic heterocycles. The Kier molecular flexibility index (Phi) is 4.83. The molecule has 2 aromatic carbocycles. The Morgan fingerprint density at radius 2 is 1.65 bits per heavy atom. The Morgan fingerprint density at radius 3 is 2.17 bits per heavy atom. The van der Waals surface area contributed by atoms with E-state index in [1.54, 1.807) is 30.3 Å². The van der Waals surface area contributed by atoms with Crippen LogP contribution in [0.1, 0.15) is 10.4 Å². The molecule has 0 heterocycles. The molecule has 2 N–H and O–H groups in total. The van der Waals surface area contributed by atoms with Crippen molar-refractivity contribution < 1.29 is 19.6 Å². The Labute approximate surface area is 131 Å². The zero-order valence-corrected chi connectivity index (χ0v) is 11.8. The molecule has 0 saturated carbocycles. The summed E-state index contributed by atoms with van der Waals surface area (Å²) in [6, 6.07) is 13.5. The van der Waals surface area contributed by atoms with Gasteiger partial charge in [0.15, 0.2) is 5.78 Å². The van der Waals surface area contributed by atoms with Crippen molar-refractivity contribution in [2.45, 2.75) is 0 Å². The molecule has 0 bridgehead atoms. The molecular weight excluding hydrogens is 300 g/mol. The molecule has 0 aliphatic rings. The van der Waals surface area contributed by atoms with E-state index < -0.39 is 16.7 Å². The average Bonchev–Trinajstić information content (AvgIpc) is 2.55. The first-order valence-corrected chi connectivity index (χ1v) is 6.53. The minimum absolute atomic E-state index is 0.147. The van der Waals surface area contributed by atoms with Gasteiger partial charge in [-0.25, -0.2) is 4.79 Å². The molecule has 0 aliphatic heterocycles. The van der Waals surface area contributed by atoms with Gasteiger partial charge in [0, 0.05) is 29.5 Å². The van der Waals surface area contributed by atoms with Crippen molar-refractivity contribution >= 4 is 23.1 Å². The lowest BCUT2D eigenvalue weighted by Crippen LogP contribution is -2.12. The summed E-state index contributed by atoms with van der Waals surface area (Å²) in [7, 11) is 0. The SMILES string of the molecule is O=C(O)C(=CC(=O)c1ccc([N+](=O)[O-])cc1)Nc1ccccc1. The van der Waals surface area contributed by atoms with E-state index in [0.29, 0.717) is 5.69 Å². The molecule has 0 fully saturated rings. The number of carbonyl (C=O) groups is 2.